The third-order valence-corrected chi connectivity index (χ3v) is 5.21. The van der Waals surface area contributed by atoms with Crippen molar-refractivity contribution in [2.45, 2.75) is 6.92 Å². The topological polar surface area (TPSA) is 56.2 Å². The van der Waals surface area contributed by atoms with Crippen LogP contribution in [0.5, 0.6) is 0 Å². The number of rotatable bonds is 3. The van der Waals surface area contributed by atoms with Crippen LogP contribution in [0.2, 0.25) is 0 Å². The first-order valence-electron chi connectivity index (χ1n) is 8.32. The van der Waals surface area contributed by atoms with E-state index >= 15 is 0 Å². The highest BCUT2D eigenvalue weighted by molar-refractivity contribution is 7.10. The number of aryl methyl sites for hydroxylation is 1. The number of hydrogen-bond acceptors (Lipinski definition) is 5. The van der Waals surface area contributed by atoms with Gasteiger partial charge in [-0.05, 0) is 54.8 Å². The summed E-state index contributed by atoms with van der Waals surface area (Å²) in [7, 11) is 0. The molecule has 0 saturated carbocycles. The van der Waals surface area contributed by atoms with Gasteiger partial charge in [-0.3, -0.25) is 4.40 Å². The summed E-state index contributed by atoms with van der Waals surface area (Å²) in [5, 5.41) is 10.5. The van der Waals surface area contributed by atoms with E-state index in [1.807, 2.05) is 47.2 Å². The molecule has 0 spiro atoms. The fraction of sp³-hybridized carbons (Fsp3) is 0.0500. The molecule has 0 aliphatic carbocycles. The summed E-state index contributed by atoms with van der Waals surface area (Å²) in [5.74, 6) is 0.547. The lowest BCUT2D eigenvalue weighted by Crippen LogP contribution is -1.89. The van der Waals surface area contributed by atoms with Crippen LogP contribution in [0.4, 0.5) is 4.39 Å². The molecule has 0 N–H and O–H groups in total. The standard InChI is InChI=1S/C20H13FN4OS/c1-12-15(9-11-27-12)19-23-24-20(26-19)18-17(13-5-7-14(21)8-6-13)22-16-4-2-3-10-25(16)18/h2-11H,1H3. The van der Waals surface area contributed by atoms with Crippen molar-refractivity contribution in [3.05, 3.63) is 70.8 Å². The summed E-state index contributed by atoms with van der Waals surface area (Å²) in [5.41, 5.74) is 3.80. The fourth-order valence-electron chi connectivity index (χ4n) is 3.04. The maximum Gasteiger partial charge on any atom is 0.267 e. The van der Waals surface area contributed by atoms with Gasteiger partial charge in [0.25, 0.3) is 5.89 Å². The van der Waals surface area contributed by atoms with Gasteiger partial charge in [0.1, 0.15) is 22.9 Å². The van der Waals surface area contributed by atoms with Gasteiger partial charge in [0.05, 0.1) is 5.56 Å². The summed E-state index contributed by atoms with van der Waals surface area (Å²) in [6.45, 7) is 2.02. The second-order valence-electron chi connectivity index (χ2n) is 6.05. The maximum absolute atomic E-state index is 13.4. The molecule has 0 amide bonds. The van der Waals surface area contributed by atoms with E-state index in [1.54, 1.807) is 23.5 Å². The van der Waals surface area contributed by atoms with Crippen molar-refractivity contribution in [2.75, 3.05) is 0 Å². The molecule has 7 heteroatoms. The molecule has 0 atom stereocenters. The van der Waals surface area contributed by atoms with E-state index in [2.05, 4.69) is 10.2 Å². The lowest BCUT2D eigenvalue weighted by molar-refractivity contribution is 0.581. The predicted molar refractivity (Wildman–Crippen MR) is 102 cm³/mol. The smallest absolute Gasteiger partial charge is 0.267 e. The minimum Gasteiger partial charge on any atom is -0.415 e. The lowest BCUT2D eigenvalue weighted by atomic mass is 10.1. The predicted octanol–water partition coefficient (Wildman–Crippen LogP) is 5.23. The molecule has 0 radical (unpaired) electrons. The van der Waals surface area contributed by atoms with Crippen LogP contribution in [-0.2, 0) is 0 Å². The van der Waals surface area contributed by atoms with Gasteiger partial charge in [-0.1, -0.05) is 6.07 Å². The molecule has 5 aromatic rings. The van der Waals surface area contributed by atoms with Crippen molar-refractivity contribution in [1.82, 2.24) is 19.6 Å². The molecule has 4 heterocycles. The molecule has 0 bridgehead atoms. The van der Waals surface area contributed by atoms with E-state index in [1.165, 1.54) is 12.1 Å². The van der Waals surface area contributed by atoms with Crippen molar-refractivity contribution in [3.63, 3.8) is 0 Å². The fourth-order valence-corrected chi connectivity index (χ4v) is 3.73. The number of halogens is 1. The summed E-state index contributed by atoms with van der Waals surface area (Å²) in [4.78, 5) is 5.81. The Hall–Kier alpha value is -3.32. The summed E-state index contributed by atoms with van der Waals surface area (Å²) >= 11 is 1.63. The van der Waals surface area contributed by atoms with Crippen molar-refractivity contribution in [3.8, 4) is 34.3 Å². The zero-order chi connectivity index (χ0) is 18.4. The molecule has 4 aromatic heterocycles. The van der Waals surface area contributed by atoms with Crippen LogP contribution >= 0.6 is 11.3 Å². The second kappa shape index (κ2) is 6.14. The molecule has 0 aliphatic heterocycles. The number of pyridine rings is 1. The van der Waals surface area contributed by atoms with Gasteiger partial charge in [0.2, 0.25) is 5.89 Å². The number of fused-ring (bicyclic) bond motifs is 1. The minimum absolute atomic E-state index is 0.294. The Morgan fingerprint density at radius 3 is 2.59 bits per heavy atom. The van der Waals surface area contributed by atoms with E-state index in [0.29, 0.717) is 23.2 Å². The van der Waals surface area contributed by atoms with Crippen LogP contribution in [0.3, 0.4) is 0 Å². The third-order valence-electron chi connectivity index (χ3n) is 4.36. The molecule has 5 rings (SSSR count). The lowest BCUT2D eigenvalue weighted by Gasteiger charge is -2.01. The molecule has 0 unspecified atom stereocenters. The Balaban J connectivity index is 1.73. The quantitative estimate of drug-likeness (QED) is 0.433. The normalized spacial score (nSPS) is 11.3. The maximum atomic E-state index is 13.4. The third kappa shape index (κ3) is 2.63. The highest BCUT2D eigenvalue weighted by atomic mass is 32.1. The van der Waals surface area contributed by atoms with Crippen molar-refractivity contribution in [1.29, 1.82) is 0 Å². The summed E-state index contributed by atoms with van der Waals surface area (Å²) < 4.78 is 21.3. The number of imidazole rings is 1. The van der Waals surface area contributed by atoms with Gasteiger partial charge in [-0.25, -0.2) is 9.37 Å². The molecule has 0 fully saturated rings. The summed E-state index contributed by atoms with van der Waals surface area (Å²) in [6.07, 6.45) is 1.89. The SMILES string of the molecule is Cc1sccc1-c1nnc(-c2c(-c3ccc(F)cc3)nc3ccccn23)o1. The number of aromatic nitrogens is 4. The second-order valence-corrected chi connectivity index (χ2v) is 7.17. The zero-order valence-corrected chi connectivity index (χ0v) is 15.1. The van der Waals surface area contributed by atoms with Crippen LogP contribution in [0.1, 0.15) is 4.88 Å². The molecule has 5 nitrogen and oxygen atoms in total. The highest BCUT2D eigenvalue weighted by Gasteiger charge is 2.22. The van der Waals surface area contributed by atoms with E-state index < -0.39 is 0 Å². The van der Waals surface area contributed by atoms with Gasteiger partial charge >= 0.3 is 0 Å². The molecule has 0 saturated heterocycles. The Kier molecular flexibility index (Phi) is 3.61. The van der Waals surface area contributed by atoms with Gasteiger partial charge in [-0.2, -0.15) is 0 Å². The number of thiophene rings is 1. The van der Waals surface area contributed by atoms with E-state index in [-0.39, 0.29) is 5.82 Å². The minimum atomic E-state index is -0.294. The monoisotopic (exact) mass is 376 g/mol. The van der Waals surface area contributed by atoms with Crippen molar-refractivity contribution >= 4 is 17.0 Å². The highest BCUT2D eigenvalue weighted by Crippen LogP contribution is 2.34. The van der Waals surface area contributed by atoms with Gasteiger partial charge < -0.3 is 4.42 Å². The van der Waals surface area contributed by atoms with Gasteiger partial charge in [0, 0.05) is 16.6 Å². The Morgan fingerprint density at radius 2 is 1.81 bits per heavy atom. The first-order valence-corrected chi connectivity index (χ1v) is 9.20. The van der Waals surface area contributed by atoms with Crippen LogP contribution in [0, 0.1) is 12.7 Å². The Bertz CT molecular complexity index is 1250. The molecule has 132 valence electrons. The van der Waals surface area contributed by atoms with Crippen LogP contribution in [-0.4, -0.2) is 19.6 Å². The van der Waals surface area contributed by atoms with Crippen LogP contribution in [0.15, 0.2) is 64.5 Å². The molecule has 1 aromatic carbocycles. The number of benzene rings is 1. The summed E-state index contributed by atoms with van der Waals surface area (Å²) in [6, 6.07) is 13.9. The largest absolute Gasteiger partial charge is 0.415 e. The number of hydrogen-bond donors (Lipinski definition) is 0. The first kappa shape index (κ1) is 15.9. The Labute approximate surface area is 157 Å². The molecular formula is C20H13FN4OS. The van der Waals surface area contributed by atoms with Gasteiger partial charge in [-0.15, -0.1) is 21.5 Å². The van der Waals surface area contributed by atoms with E-state index in [0.717, 1.165) is 21.7 Å². The van der Waals surface area contributed by atoms with Crippen LogP contribution in [0.25, 0.3) is 39.9 Å². The van der Waals surface area contributed by atoms with Crippen molar-refractivity contribution < 1.29 is 8.81 Å². The zero-order valence-electron chi connectivity index (χ0n) is 14.3. The molecule has 0 aliphatic rings. The van der Waals surface area contributed by atoms with Crippen molar-refractivity contribution in [2.24, 2.45) is 0 Å². The number of nitrogens with zero attached hydrogens (tertiary/aromatic N) is 4. The molecular weight excluding hydrogens is 363 g/mol. The van der Waals surface area contributed by atoms with E-state index in [4.69, 9.17) is 9.40 Å². The Morgan fingerprint density at radius 1 is 1.00 bits per heavy atom. The average molecular weight is 376 g/mol. The van der Waals surface area contributed by atoms with Gasteiger partial charge in [0.15, 0.2) is 0 Å². The first-order chi connectivity index (χ1) is 13.2. The average Bonchev–Trinajstić information content (AvgIpc) is 3.39. The molecule has 27 heavy (non-hydrogen) atoms. The van der Waals surface area contributed by atoms with E-state index in [9.17, 15) is 4.39 Å². The van der Waals surface area contributed by atoms with Crippen LogP contribution < -0.4 is 0 Å².